The smallest absolute Gasteiger partial charge is 0.255 e. The Hall–Kier alpha value is -1.96. The number of ether oxygens (including phenoxy) is 2. The zero-order valence-electron chi connectivity index (χ0n) is 11.0. The number of para-hydroxylation sites is 1. The van der Waals surface area contributed by atoms with Crippen molar-refractivity contribution in [1.82, 2.24) is 14.8 Å². The first-order chi connectivity index (χ1) is 10.3. The first-order valence-electron chi connectivity index (χ1n) is 6.39. The van der Waals surface area contributed by atoms with Gasteiger partial charge in [-0.15, -0.1) is 0 Å². The average molecular weight is 309 g/mol. The maximum Gasteiger partial charge on any atom is 0.255 e. The predicted octanol–water partition coefficient (Wildman–Crippen LogP) is 1.27. The van der Waals surface area contributed by atoms with Crippen molar-refractivity contribution in [3.05, 3.63) is 35.9 Å². The molecule has 0 spiro atoms. The highest BCUT2D eigenvalue weighted by molar-refractivity contribution is 6.33. The second-order valence-electron chi connectivity index (χ2n) is 4.40. The van der Waals surface area contributed by atoms with Crippen molar-refractivity contribution in [3.63, 3.8) is 0 Å². The molecule has 1 aliphatic rings. The van der Waals surface area contributed by atoms with E-state index in [1.54, 1.807) is 18.2 Å². The fourth-order valence-electron chi connectivity index (χ4n) is 2.03. The van der Waals surface area contributed by atoms with E-state index < -0.39 is 6.10 Å². The van der Waals surface area contributed by atoms with Gasteiger partial charge in [-0.1, -0.05) is 17.7 Å². The van der Waals surface area contributed by atoms with Crippen LogP contribution in [0.2, 0.25) is 5.02 Å². The Morgan fingerprint density at radius 3 is 3.05 bits per heavy atom. The summed E-state index contributed by atoms with van der Waals surface area (Å²) in [6.45, 7) is 1.15. The normalized spacial score (nSPS) is 18.4. The van der Waals surface area contributed by atoms with Gasteiger partial charge < -0.3 is 14.8 Å². The maximum atomic E-state index is 12.2. The van der Waals surface area contributed by atoms with Gasteiger partial charge in [-0.25, -0.2) is 9.67 Å². The minimum Gasteiger partial charge on any atom is -0.376 e. The van der Waals surface area contributed by atoms with Gasteiger partial charge in [0.25, 0.3) is 5.91 Å². The summed E-state index contributed by atoms with van der Waals surface area (Å²) in [6, 6.07) is 5.20. The first kappa shape index (κ1) is 14.0. The fraction of sp³-hybridized carbons (Fsp3) is 0.308. The van der Waals surface area contributed by atoms with Crippen LogP contribution in [0.4, 0.5) is 5.69 Å². The van der Waals surface area contributed by atoms with Crippen LogP contribution >= 0.6 is 11.6 Å². The van der Waals surface area contributed by atoms with Crippen molar-refractivity contribution < 1.29 is 14.3 Å². The number of halogens is 1. The summed E-state index contributed by atoms with van der Waals surface area (Å²) >= 11 is 6.19. The lowest BCUT2D eigenvalue weighted by atomic mass is 10.2. The highest BCUT2D eigenvalue weighted by Gasteiger charge is 2.24. The second kappa shape index (κ2) is 6.21. The molecule has 1 N–H and O–H groups in total. The second-order valence-corrected chi connectivity index (χ2v) is 4.81. The van der Waals surface area contributed by atoms with Gasteiger partial charge in [0.2, 0.25) is 0 Å². The largest absolute Gasteiger partial charge is 0.376 e. The van der Waals surface area contributed by atoms with Gasteiger partial charge in [-0.2, -0.15) is 5.10 Å². The minimum absolute atomic E-state index is 0.241. The zero-order chi connectivity index (χ0) is 14.7. The Bertz CT molecular complexity index is 626. The number of benzene rings is 1. The summed E-state index contributed by atoms with van der Waals surface area (Å²) in [7, 11) is 0. The van der Waals surface area contributed by atoms with E-state index in [0.29, 0.717) is 29.6 Å². The summed E-state index contributed by atoms with van der Waals surface area (Å²) in [5.41, 5.74) is 1.09. The standard InChI is InChI=1S/C13H13ClN4O3/c14-9-2-1-3-10(12(9)18-8-15-7-16-18)17-13(19)11-6-20-4-5-21-11/h1-3,7-8,11H,4-6H2,(H,17,19)/t11-/m1/s1. The van der Waals surface area contributed by atoms with Gasteiger partial charge in [0.1, 0.15) is 18.3 Å². The van der Waals surface area contributed by atoms with Crippen molar-refractivity contribution in [2.24, 2.45) is 0 Å². The molecule has 0 radical (unpaired) electrons. The van der Waals surface area contributed by atoms with Crippen LogP contribution in [0.1, 0.15) is 0 Å². The summed E-state index contributed by atoms with van der Waals surface area (Å²) in [5.74, 6) is -0.279. The molecule has 1 aromatic heterocycles. The molecule has 3 rings (SSSR count). The van der Waals surface area contributed by atoms with Crippen molar-refractivity contribution >= 4 is 23.2 Å². The fourth-order valence-corrected chi connectivity index (χ4v) is 2.29. The van der Waals surface area contributed by atoms with Crippen LogP contribution in [0.15, 0.2) is 30.9 Å². The molecule has 0 unspecified atom stereocenters. The number of rotatable bonds is 3. The molecule has 2 heterocycles. The molecule has 1 atom stereocenters. The molecule has 7 nitrogen and oxygen atoms in total. The van der Waals surface area contributed by atoms with Crippen LogP contribution in [-0.4, -0.2) is 46.6 Å². The number of nitrogens with zero attached hydrogens (tertiary/aromatic N) is 3. The SMILES string of the molecule is O=C(Nc1cccc(Cl)c1-n1cncn1)[C@H]1COCCO1. The lowest BCUT2D eigenvalue weighted by Gasteiger charge is -2.22. The molecule has 1 saturated heterocycles. The van der Waals surface area contributed by atoms with Crippen molar-refractivity contribution in [1.29, 1.82) is 0 Å². The van der Waals surface area contributed by atoms with Gasteiger partial charge >= 0.3 is 0 Å². The highest BCUT2D eigenvalue weighted by Crippen LogP contribution is 2.28. The number of aromatic nitrogens is 3. The van der Waals surface area contributed by atoms with Gasteiger partial charge in [-0.3, -0.25) is 4.79 Å². The van der Waals surface area contributed by atoms with E-state index in [2.05, 4.69) is 15.4 Å². The summed E-state index contributed by atoms with van der Waals surface area (Å²) in [5, 5.41) is 7.29. The number of anilines is 1. The number of amides is 1. The number of nitrogens with one attached hydrogen (secondary N) is 1. The van der Waals surface area contributed by atoms with E-state index in [0.717, 1.165) is 0 Å². The third-order valence-corrected chi connectivity index (χ3v) is 3.31. The van der Waals surface area contributed by atoms with Crippen molar-refractivity contribution in [2.75, 3.05) is 25.1 Å². The van der Waals surface area contributed by atoms with Crippen molar-refractivity contribution in [2.45, 2.75) is 6.10 Å². The topological polar surface area (TPSA) is 78.3 Å². The Labute approximate surface area is 125 Å². The molecule has 1 amide bonds. The summed E-state index contributed by atoms with van der Waals surface area (Å²) < 4.78 is 12.1. The minimum atomic E-state index is -0.624. The van der Waals surface area contributed by atoms with Crippen LogP contribution in [0.3, 0.4) is 0 Å². The van der Waals surface area contributed by atoms with E-state index in [9.17, 15) is 4.79 Å². The summed E-state index contributed by atoms with van der Waals surface area (Å²) in [4.78, 5) is 16.1. The maximum absolute atomic E-state index is 12.2. The molecule has 8 heteroatoms. The van der Waals surface area contributed by atoms with Gasteiger partial charge in [-0.05, 0) is 12.1 Å². The molecular weight excluding hydrogens is 296 g/mol. The molecule has 21 heavy (non-hydrogen) atoms. The molecule has 110 valence electrons. The zero-order valence-corrected chi connectivity index (χ0v) is 11.8. The molecule has 1 fully saturated rings. The Morgan fingerprint density at radius 1 is 1.43 bits per heavy atom. The third kappa shape index (κ3) is 3.05. The number of hydrogen-bond donors (Lipinski definition) is 1. The van der Waals surface area contributed by atoms with Crippen molar-refractivity contribution in [3.8, 4) is 5.69 Å². The van der Waals surface area contributed by atoms with Crippen LogP contribution < -0.4 is 5.32 Å². The summed E-state index contributed by atoms with van der Waals surface area (Å²) in [6.07, 6.45) is 2.28. The van der Waals surface area contributed by atoms with Gasteiger partial charge in [0, 0.05) is 0 Å². The van der Waals surface area contributed by atoms with E-state index >= 15 is 0 Å². The number of carbonyl (C=O) groups is 1. The van der Waals surface area contributed by atoms with Crippen LogP contribution in [-0.2, 0) is 14.3 Å². The molecular formula is C13H13ClN4O3. The monoisotopic (exact) mass is 308 g/mol. The van der Waals surface area contributed by atoms with Gasteiger partial charge in [0.05, 0.1) is 30.5 Å². The Morgan fingerprint density at radius 2 is 2.33 bits per heavy atom. The third-order valence-electron chi connectivity index (χ3n) is 3.00. The van der Waals surface area contributed by atoms with E-state index in [4.69, 9.17) is 21.1 Å². The molecule has 1 aliphatic heterocycles. The average Bonchev–Trinajstić information content (AvgIpc) is 3.02. The van der Waals surface area contributed by atoms with Gasteiger partial charge in [0.15, 0.2) is 6.10 Å². The molecule has 0 bridgehead atoms. The quantitative estimate of drug-likeness (QED) is 0.924. The molecule has 0 aliphatic carbocycles. The molecule has 2 aromatic rings. The molecule has 1 aromatic carbocycles. The number of hydrogen-bond acceptors (Lipinski definition) is 5. The first-order valence-corrected chi connectivity index (χ1v) is 6.77. The number of carbonyl (C=O) groups excluding carboxylic acids is 1. The van der Waals surface area contributed by atoms with E-state index in [1.807, 2.05) is 0 Å². The van der Waals surface area contributed by atoms with Crippen LogP contribution in [0.25, 0.3) is 5.69 Å². The van der Waals surface area contributed by atoms with E-state index in [1.165, 1.54) is 17.3 Å². The Kier molecular flexibility index (Phi) is 4.14. The van der Waals surface area contributed by atoms with E-state index in [-0.39, 0.29) is 12.5 Å². The lowest BCUT2D eigenvalue weighted by Crippen LogP contribution is -2.39. The highest BCUT2D eigenvalue weighted by atomic mass is 35.5. The predicted molar refractivity (Wildman–Crippen MR) is 75.6 cm³/mol. The van der Waals surface area contributed by atoms with Crippen LogP contribution in [0, 0.1) is 0 Å². The molecule has 0 saturated carbocycles. The van der Waals surface area contributed by atoms with Crippen LogP contribution in [0.5, 0.6) is 0 Å². The Balaban J connectivity index is 1.85. The lowest BCUT2D eigenvalue weighted by molar-refractivity contribution is -0.142.